The fraction of sp³-hybridized carbons (Fsp3) is 0.632. The van der Waals surface area contributed by atoms with Gasteiger partial charge in [0, 0.05) is 44.4 Å². The zero-order chi connectivity index (χ0) is 16.6. The summed E-state index contributed by atoms with van der Waals surface area (Å²) >= 11 is 0. The van der Waals surface area contributed by atoms with E-state index in [2.05, 4.69) is 13.8 Å². The van der Waals surface area contributed by atoms with E-state index in [1.807, 2.05) is 48.2 Å². The lowest BCUT2D eigenvalue weighted by Crippen LogP contribution is -2.40. The lowest BCUT2D eigenvalue weighted by atomic mass is 10.1. The van der Waals surface area contributed by atoms with Crippen LogP contribution in [0.1, 0.15) is 37.0 Å². The SMILES string of the molecule is CC(C)CO[C@H]1[C@H]2CC[C@@H]1N(C(=O)c1ccc(N(C)C)cc1)C2. The molecule has 1 saturated heterocycles. The highest BCUT2D eigenvalue weighted by Gasteiger charge is 2.49. The van der Waals surface area contributed by atoms with Gasteiger partial charge in [-0.1, -0.05) is 13.8 Å². The van der Waals surface area contributed by atoms with Gasteiger partial charge >= 0.3 is 0 Å². The molecule has 1 amide bonds. The molecule has 4 heteroatoms. The van der Waals surface area contributed by atoms with Crippen molar-refractivity contribution in [3.05, 3.63) is 29.8 Å². The highest BCUT2D eigenvalue weighted by Crippen LogP contribution is 2.40. The summed E-state index contributed by atoms with van der Waals surface area (Å²) in [5, 5.41) is 0. The highest BCUT2D eigenvalue weighted by molar-refractivity contribution is 5.95. The van der Waals surface area contributed by atoms with Crippen LogP contribution in [0.2, 0.25) is 0 Å². The zero-order valence-corrected chi connectivity index (χ0v) is 14.7. The molecular formula is C19H28N2O2. The first-order valence-electron chi connectivity index (χ1n) is 8.67. The van der Waals surface area contributed by atoms with Gasteiger partial charge in [-0.2, -0.15) is 0 Å². The van der Waals surface area contributed by atoms with E-state index in [1.54, 1.807) is 0 Å². The number of benzene rings is 1. The fourth-order valence-corrected chi connectivity index (χ4v) is 3.80. The van der Waals surface area contributed by atoms with Gasteiger partial charge < -0.3 is 14.5 Å². The summed E-state index contributed by atoms with van der Waals surface area (Å²) in [6.45, 7) is 5.98. The Morgan fingerprint density at radius 2 is 1.96 bits per heavy atom. The van der Waals surface area contributed by atoms with E-state index >= 15 is 0 Å². The molecule has 2 fully saturated rings. The van der Waals surface area contributed by atoms with Crippen LogP contribution >= 0.6 is 0 Å². The lowest BCUT2D eigenvalue weighted by Gasteiger charge is -2.27. The van der Waals surface area contributed by atoms with E-state index in [4.69, 9.17) is 4.74 Å². The largest absolute Gasteiger partial charge is 0.378 e. The number of hydrogen-bond donors (Lipinski definition) is 0. The molecule has 0 N–H and O–H groups in total. The maximum absolute atomic E-state index is 12.9. The average molecular weight is 316 g/mol. The van der Waals surface area contributed by atoms with Gasteiger partial charge in [0.05, 0.1) is 12.1 Å². The molecule has 2 bridgehead atoms. The van der Waals surface area contributed by atoms with E-state index in [9.17, 15) is 4.79 Å². The zero-order valence-electron chi connectivity index (χ0n) is 14.7. The van der Waals surface area contributed by atoms with Crippen molar-refractivity contribution in [1.29, 1.82) is 0 Å². The molecule has 0 aromatic heterocycles. The monoisotopic (exact) mass is 316 g/mol. The van der Waals surface area contributed by atoms with Gasteiger partial charge in [0.15, 0.2) is 0 Å². The molecule has 0 spiro atoms. The van der Waals surface area contributed by atoms with Gasteiger partial charge in [-0.15, -0.1) is 0 Å². The molecule has 1 aliphatic carbocycles. The number of ether oxygens (including phenoxy) is 1. The first-order valence-corrected chi connectivity index (χ1v) is 8.67. The van der Waals surface area contributed by atoms with Gasteiger partial charge in [0.2, 0.25) is 0 Å². The Morgan fingerprint density at radius 3 is 2.57 bits per heavy atom. The molecule has 0 unspecified atom stereocenters. The Bertz CT molecular complexity index is 553. The number of anilines is 1. The maximum Gasteiger partial charge on any atom is 0.254 e. The summed E-state index contributed by atoms with van der Waals surface area (Å²) in [6.07, 6.45) is 2.51. The van der Waals surface area contributed by atoms with E-state index in [0.29, 0.717) is 11.8 Å². The van der Waals surface area contributed by atoms with Crippen molar-refractivity contribution in [3.63, 3.8) is 0 Å². The first kappa shape index (κ1) is 16.3. The summed E-state index contributed by atoms with van der Waals surface area (Å²) in [7, 11) is 4.01. The highest BCUT2D eigenvalue weighted by atomic mass is 16.5. The molecule has 23 heavy (non-hydrogen) atoms. The molecule has 4 nitrogen and oxygen atoms in total. The lowest BCUT2D eigenvalue weighted by molar-refractivity contribution is 0.0130. The Morgan fingerprint density at radius 1 is 1.26 bits per heavy atom. The molecule has 3 atom stereocenters. The van der Waals surface area contributed by atoms with Crippen LogP contribution < -0.4 is 4.90 Å². The van der Waals surface area contributed by atoms with E-state index in [-0.39, 0.29) is 18.1 Å². The minimum Gasteiger partial charge on any atom is -0.378 e. The van der Waals surface area contributed by atoms with Crippen molar-refractivity contribution in [2.24, 2.45) is 11.8 Å². The minimum absolute atomic E-state index is 0.153. The summed E-state index contributed by atoms with van der Waals surface area (Å²) < 4.78 is 6.12. The van der Waals surface area contributed by atoms with Gasteiger partial charge in [0.25, 0.3) is 5.91 Å². The number of piperidine rings is 1. The van der Waals surface area contributed by atoms with Gasteiger partial charge in [0.1, 0.15) is 0 Å². The third-order valence-corrected chi connectivity index (χ3v) is 5.02. The number of likely N-dealkylation sites (tertiary alicyclic amines) is 1. The van der Waals surface area contributed by atoms with Crippen LogP contribution in [-0.4, -0.2) is 50.2 Å². The van der Waals surface area contributed by atoms with Crippen molar-refractivity contribution in [3.8, 4) is 0 Å². The summed E-state index contributed by atoms with van der Waals surface area (Å²) in [5.41, 5.74) is 1.90. The molecule has 1 aromatic carbocycles. The van der Waals surface area contributed by atoms with Crippen LogP contribution in [0.4, 0.5) is 5.69 Å². The van der Waals surface area contributed by atoms with Crippen molar-refractivity contribution in [2.45, 2.75) is 38.8 Å². The number of fused-ring (bicyclic) bond motifs is 2. The molecule has 1 saturated carbocycles. The molecule has 3 rings (SSSR count). The fourth-order valence-electron chi connectivity index (χ4n) is 3.80. The molecule has 1 heterocycles. The molecule has 0 radical (unpaired) electrons. The van der Waals surface area contributed by atoms with Crippen molar-refractivity contribution >= 4 is 11.6 Å². The van der Waals surface area contributed by atoms with Gasteiger partial charge in [-0.25, -0.2) is 0 Å². The van der Waals surface area contributed by atoms with Gasteiger partial charge in [-0.05, 0) is 43.0 Å². The third kappa shape index (κ3) is 3.23. The summed E-state index contributed by atoms with van der Waals surface area (Å²) in [4.78, 5) is 16.9. The minimum atomic E-state index is 0.153. The third-order valence-electron chi connectivity index (χ3n) is 5.02. The Kier molecular flexibility index (Phi) is 4.62. The van der Waals surface area contributed by atoms with E-state index < -0.39 is 0 Å². The van der Waals surface area contributed by atoms with Crippen LogP contribution in [-0.2, 0) is 4.74 Å². The topological polar surface area (TPSA) is 32.8 Å². The number of nitrogens with zero attached hydrogens (tertiary/aromatic N) is 2. The maximum atomic E-state index is 12.9. The Hall–Kier alpha value is -1.55. The molecule has 1 aliphatic heterocycles. The molecule has 2 aliphatic rings. The van der Waals surface area contributed by atoms with Gasteiger partial charge in [-0.3, -0.25) is 4.79 Å². The molecule has 126 valence electrons. The second-order valence-electron chi connectivity index (χ2n) is 7.50. The standard InChI is InChI=1S/C19H28N2O2/c1-13(2)12-23-18-15-7-10-17(18)21(11-15)19(22)14-5-8-16(9-6-14)20(3)4/h5-6,8-9,13,15,17-18H,7,10-12H2,1-4H3/t15-,17-,18-/m0/s1. The molecule has 1 aromatic rings. The van der Waals surface area contributed by atoms with Crippen molar-refractivity contribution < 1.29 is 9.53 Å². The Balaban J connectivity index is 1.69. The van der Waals surface area contributed by atoms with E-state index in [0.717, 1.165) is 30.8 Å². The van der Waals surface area contributed by atoms with Crippen LogP contribution in [0.3, 0.4) is 0 Å². The van der Waals surface area contributed by atoms with Crippen molar-refractivity contribution in [2.75, 3.05) is 32.1 Å². The average Bonchev–Trinajstić information content (AvgIpc) is 3.09. The van der Waals surface area contributed by atoms with Crippen LogP contribution in [0.25, 0.3) is 0 Å². The number of carbonyl (C=O) groups is 1. The number of carbonyl (C=O) groups excluding carboxylic acids is 1. The number of amides is 1. The quantitative estimate of drug-likeness (QED) is 0.837. The normalized spacial score (nSPS) is 26.1. The van der Waals surface area contributed by atoms with Crippen molar-refractivity contribution in [1.82, 2.24) is 4.90 Å². The number of hydrogen-bond acceptors (Lipinski definition) is 3. The smallest absolute Gasteiger partial charge is 0.254 e. The van der Waals surface area contributed by atoms with Crippen LogP contribution in [0.5, 0.6) is 0 Å². The second-order valence-corrected chi connectivity index (χ2v) is 7.50. The first-order chi connectivity index (χ1) is 11.0. The van der Waals surface area contributed by atoms with E-state index in [1.165, 1.54) is 6.42 Å². The van der Waals surface area contributed by atoms with Crippen LogP contribution in [0.15, 0.2) is 24.3 Å². The molecular weight excluding hydrogens is 288 g/mol. The second kappa shape index (κ2) is 6.52. The predicted molar refractivity (Wildman–Crippen MR) is 92.9 cm³/mol. The predicted octanol–water partition coefficient (Wildman–Crippen LogP) is 3.03. The summed E-state index contributed by atoms with van der Waals surface area (Å²) in [5.74, 6) is 1.21. The summed E-state index contributed by atoms with van der Waals surface area (Å²) in [6, 6.07) is 8.16. The Labute approximate surface area is 139 Å². The number of rotatable bonds is 5. The van der Waals surface area contributed by atoms with Crippen LogP contribution in [0, 0.1) is 11.8 Å².